The number of nitrogens with zero attached hydrogens (tertiary/aromatic N) is 2. The van der Waals surface area contributed by atoms with Crippen LogP contribution in [0.25, 0.3) is 22.4 Å². The van der Waals surface area contributed by atoms with Crippen LogP contribution in [0.5, 0.6) is 0 Å². The van der Waals surface area contributed by atoms with Crippen molar-refractivity contribution in [2.45, 2.75) is 17.4 Å². The van der Waals surface area contributed by atoms with Crippen LogP contribution in [-0.4, -0.2) is 26.2 Å². The second-order valence-electron chi connectivity index (χ2n) is 5.73. The Morgan fingerprint density at radius 1 is 1.15 bits per heavy atom. The van der Waals surface area contributed by atoms with Crippen LogP contribution < -0.4 is 0 Å². The predicted molar refractivity (Wildman–Crippen MR) is 97.6 cm³/mol. The fourth-order valence-corrected chi connectivity index (χ4v) is 3.45. The van der Waals surface area contributed by atoms with Gasteiger partial charge in [0.1, 0.15) is 5.82 Å². The van der Waals surface area contributed by atoms with Gasteiger partial charge in [0.15, 0.2) is 5.78 Å². The molecular weight excluding hydrogens is 353 g/mol. The molecule has 0 bridgehead atoms. The molecule has 0 fully saturated rings. The first kappa shape index (κ1) is 16.5. The number of rotatable bonds is 5. The molecule has 4 aromatic rings. The summed E-state index contributed by atoms with van der Waals surface area (Å²) < 4.78 is 19.3. The van der Waals surface area contributed by atoms with Crippen LogP contribution in [0.1, 0.15) is 17.3 Å². The van der Waals surface area contributed by atoms with Gasteiger partial charge in [-0.1, -0.05) is 42.1 Å². The van der Waals surface area contributed by atoms with Gasteiger partial charge in [0.05, 0.1) is 10.8 Å². The van der Waals surface area contributed by atoms with Gasteiger partial charge < -0.3 is 9.40 Å². The van der Waals surface area contributed by atoms with Crippen LogP contribution >= 0.6 is 11.8 Å². The fourth-order valence-electron chi connectivity index (χ4n) is 2.70. The van der Waals surface area contributed by atoms with Crippen molar-refractivity contribution in [3.05, 3.63) is 66.1 Å². The monoisotopic (exact) mass is 367 g/mol. The summed E-state index contributed by atoms with van der Waals surface area (Å²) in [6.45, 7) is 1.78. The molecule has 2 heterocycles. The third kappa shape index (κ3) is 3.01. The highest BCUT2D eigenvalue weighted by molar-refractivity contribution is 8.00. The Morgan fingerprint density at radius 3 is 2.77 bits per heavy atom. The molecule has 0 amide bonds. The summed E-state index contributed by atoms with van der Waals surface area (Å²) in [6, 6.07) is 13.8. The number of hydrogen-bond acceptors (Lipinski definition) is 5. The zero-order chi connectivity index (χ0) is 18.1. The number of hydrogen-bond donors (Lipinski definition) is 1. The van der Waals surface area contributed by atoms with Crippen molar-refractivity contribution >= 4 is 28.4 Å². The molecule has 0 saturated heterocycles. The lowest BCUT2D eigenvalue weighted by molar-refractivity contribution is 0.0995. The lowest BCUT2D eigenvalue weighted by Gasteiger charge is -2.06. The average Bonchev–Trinajstić information content (AvgIpc) is 3.28. The van der Waals surface area contributed by atoms with Crippen LogP contribution in [-0.2, 0) is 0 Å². The number of halogens is 1. The Bertz CT molecular complexity index is 1090. The summed E-state index contributed by atoms with van der Waals surface area (Å²) >= 11 is 1.15. The van der Waals surface area contributed by atoms with Gasteiger partial charge in [-0.15, -0.1) is 10.2 Å². The lowest BCUT2D eigenvalue weighted by Crippen LogP contribution is -2.13. The number of carbonyl (C=O) groups excluding carboxylic acids is 1. The largest absolute Gasteiger partial charge is 0.411 e. The number of Topliss-reactive ketones (excluding diaryl/α,β-unsaturated/α-hetero) is 1. The van der Waals surface area contributed by atoms with Gasteiger partial charge in [-0.25, -0.2) is 4.39 Å². The highest BCUT2D eigenvalue weighted by Crippen LogP contribution is 2.30. The molecule has 1 atom stereocenters. The van der Waals surface area contributed by atoms with Crippen molar-refractivity contribution in [2.24, 2.45) is 0 Å². The quantitative estimate of drug-likeness (QED) is 0.408. The lowest BCUT2D eigenvalue weighted by atomic mass is 10.1. The maximum absolute atomic E-state index is 13.8. The highest BCUT2D eigenvalue weighted by atomic mass is 32.2. The Kier molecular flexibility index (Phi) is 4.30. The topological polar surface area (TPSA) is 71.8 Å². The van der Waals surface area contributed by atoms with Crippen LogP contribution in [0, 0.1) is 5.82 Å². The molecule has 1 N–H and O–H groups in total. The average molecular weight is 367 g/mol. The molecule has 7 heteroatoms. The first-order chi connectivity index (χ1) is 12.6. The minimum absolute atomic E-state index is 0.0434. The van der Waals surface area contributed by atoms with Crippen molar-refractivity contribution in [3.8, 4) is 11.5 Å². The van der Waals surface area contributed by atoms with E-state index in [-0.39, 0.29) is 22.5 Å². The number of para-hydroxylation sites is 1. The highest BCUT2D eigenvalue weighted by Gasteiger charge is 2.22. The van der Waals surface area contributed by atoms with Gasteiger partial charge in [0.2, 0.25) is 0 Å². The number of fused-ring (bicyclic) bond motifs is 1. The third-order valence-electron chi connectivity index (χ3n) is 4.01. The molecule has 4 rings (SSSR count). The van der Waals surface area contributed by atoms with E-state index < -0.39 is 11.1 Å². The van der Waals surface area contributed by atoms with E-state index in [2.05, 4.69) is 15.2 Å². The molecule has 2 aromatic heterocycles. The molecule has 2 aromatic carbocycles. The first-order valence-corrected chi connectivity index (χ1v) is 8.87. The van der Waals surface area contributed by atoms with Crippen molar-refractivity contribution < 1.29 is 13.6 Å². The number of carbonyl (C=O) groups is 1. The summed E-state index contributed by atoms with van der Waals surface area (Å²) in [4.78, 5) is 15.9. The second kappa shape index (κ2) is 6.76. The maximum atomic E-state index is 13.8. The smallest absolute Gasteiger partial charge is 0.277 e. The first-order valence-electron chi connectivity index (χ1n) is 7.99. The van der Waals surface area contributed by atoms with Crippen LogP contribution in [0.2, 0.25) is 0 Å². The molecular formula is C19H14FN3O2S. The Balaban J connectivity index is 1.54. The van der Waals surface area contributed by atoms with E-state index in [4.69, 9.17) is 4.42 Å². The van der Waals surface area contributed by atoms with Gasteiger partial charge >= 0.3 is 0 Å². The molecule has 130 valence electrons. The SMILES string of the molecule is C[C@@H](Sc1nnc(-c2ccccc2F)o1)C(=O)c1c[nH]c2ccccc12. The predicted octanol–water partition coefficient (Wildman–Crippen LogP) is 4.72. The molecule has 0 aliphatic rings. The third-order valence-corrected chi connectivity index (χ3v) is 4.95. The van der Waals surface area contributed by atoms with Gasteiger partial charge in [-0.3, -0.25) is 4.79 Å². The van der Waals surface area contributed by atoms with E-state index in [0.717, 1.165) is 22.7 Å². The molecule has 0 unspecified atom stereocenters. The molecule has 0 saturated carbocycles. The molecule has 0 radical (unpaired) electrons. The second-order valence-corrected chi connectivity index (χ2v) is 7.02. The zero-order valence-corrected chi connectivity index (χ0v) is 14.6. The van der Waals surface area contributed by atoms with E-state index in [1.54, 1.807) is 31.3 Å². The molecule has 0 aliphatic carbocycles. The van der Waals surface area contributed by atoms with Gasteiger partial charge in [0, 0.05) is 22.7 Å². The van der Waals surface area contributed by atoms with Gasteiger partial charge in [-0.2, -0.15) is 0 Å². The maximum Gasteiger partial charge on any atom is 0.277 e. The van der Waals surface area contributed by atoms with Gasteiger partial charge in [-0.05, 0) is 25.1 Å². The van der Waals surface area contributed by atoms with E-state index in [1.807, 2.05) is 24.3 Å². The summed E-state index contributed by atoms with van der Waals surface area (Å²) in [6.07, 6.45) is 1.71. The molecule has 0 spiro atoms. The number of aromatic amines is 1. The molecule has 26 heavy (non-hydrogen) atoms. The van der Waals surface area contributed by atoms with Crippen LogP contribution in [0.15, 0.2) is 64.4 Å². The minimum Gasteiger partial charge on any atom is -0.411 e. The van der Waals surface area contributed by atoms with Crippen molar-refractivity contribution in [1.82, 2.24) is 15.2 Å². The standard InChI is InChI=1S/C19H14FN3O2S/c1-11(17(24)14-10-21-16-9-5-3-6-12(14)16)26-19-23-22-18(25-19)13-7-2-4-8-15(13)20/h2-11,21H,1H3/t11-/m1/s1. The number of aromatic nitrogens is 3. The Labute approximate surface area is 152 Å². The number of thioether (sulfide) groups is 1. The summed E-state index contributed by atoms with van der Waals surface area (Å²) in [5.41, 5.74) is 1.77. The van der Waals surface area contributed by atoms with E-state index in [1.165, 1.54) is 6.07 Å². The zero-order valence-electron chi connectivity index (χ0n) is 13.8. The number of H-pyrrole nitrogens is 1. The van der Waals surface area contributed by atoms with Crippen molar-refractivity contribution in [1.29, 1.82) is 0 Å². The number of benzene rings is 2. The molecule has 5 nitrogen and oxygen atoms in total. The summed E-state index contributed by atoms with van der Waals surface area (Å²) in [5.74, 6) is -0.383. The van der Waals surface area contributed by atoms with Crippen LogP contribution in [0.4, 0.5) is 4.39 Å². The fraction of sp³-hybridized carbons (Fsp3) is 0.105. The normalized spacial score (nSPS) is 12.4. The summed E-state index contributed by atoms with van der Waals surface area (Å²) in [5, 5.41) is 8.47. The van der Waals surface area contributed by atoms with Crippen molar-refractivity contribution in [3.63, 3.8) is 0 Å². The minimum atomic E-state index is -0.435. The Hall–Kier alpha value is -2.93. The molecule has 0 aliphatic heterocycles. The van der Waals surface area contributed by atoms with E-state index >= 15 is 0 Å². The van der Waals surface area contributed by atoms with E-state index in [9.17, 15) is 9.18 Å². The van der Waals surface area contributed by atoms with Crippen molar-refractivity contribution in [2.75, 3.05) is 0 Å². The number of nitrogens with one attached hydrogen (secondary N) is 1. The van der Waals surface area contributed by atoms with Crippen LogP contribution in [0.3, 0.4) is 0 Å². The summed E-state index contributed by atoms with van der Waals surface area (Å²) in [7, 11) is 0. The number of ketones is 1. The van der Waals surface area contributed by atoms with E-state index in [0.29, 0.717) is 5.56 Å². The Morgan fingerprint density at radius 2 is 1.92 bits per heavy atom. The van der Waals surface area contributed by atoms with Gasteiger partial charge in [0.25, 0.3) is 11.1 Å².